The average molecular weight is 331 g/mol. The molecular weight excluding hydrogens is 319 g/mol. The van der Waals surface area contributed by atoms with E-state index in [0.29, 0.717) is 5.75 Å². The van der Waals surface area contributed by atoms with Crippen molar-refractivity contribution < 1.29 is 17.5 Å². The minimum Gasteiger partial charge on any atom is -0.495 e. The van der Waals surface area contributed by atoms with E-state index in [1.54, 1.807) is 0 Å². The second-order valence-electron chi connectivity index (χ2n) is 4.11. The Bertz CT molecular complexity index is 761. The third kappa shape index (κ3) is 3.20. The van der Waals surface area contributed by atoms with E-state index >= 15 is 0 Å². The fourth-order valence-corrected chi connectivity index (χ4v) is 3.25. The zero-order chi connectivity index (χ0) is 15.6. The molecule has 0 bridgehead atoms. The minimum absolute atomic E-state index is 0.170. The average Bonchev–Trinajstić information content (AvgIpc) is 2.37. The first-order valence-electron chi connectivity index (χ1n) is 5.75. The highest BCUT2D eigenvalue weighted by atomic mass is 35.5. The molecule has 0 aliphatic rings. The van der Waals surface area contributed by atoms with Crippen LogP contribution in [0.3, 0.4) is 0 Å². The second kappa shape index (κ2) is 5.79. The number of nitrogens with one attached hydrogen (secondary N) is 1. The van der Waals surface area contributed by atoms with Crippen LogP contribution < -0.4 is 15.2 Å². The lowest BCUT2D eigenvalue weighted by molar-refractivity contribution is 0.415. The molecule has 0 unspecified atom stereocenters. The molecule has 21 heavy (non-hydrogen) atoms. The van der Waals surface area contributed by atoms with Gasteiger partial charge in [0.1, 0.15) is 16.5 Å². The number of benzene rings is 2. The molecular formula is C13H12ClFN2O3S. The molecule has 2 aromatic rings. The summed E-state index contributed by atoms with van der Waals surface area (Å²) in [5.41, 5.74) is 5.52. The molecule has 0 aliphatic heterocycles. The lowest BCUT2D eigenvalue weighted by Crippen LogP contribution is -2.16. The van der Waals surface area contributed by atoms with Crippen LogP contribution >= 0.6 is 11.6 Å². The van der Waals surface area contributed by atoms with E-state index in [0.717, 1.165) is 6.07 Å². The first-order valence-corrected chi connectivity index (χ1v) is 7.61. The van der Waals surface area contributed by atoms with Crippen LogP contribution in [0, 0.1) is 5.82 Å². The molecule has 5 nitrogen and oxygen atoms in total. The van der Waals surface area contributed by atoms with E-state index < -0.39 is 20.7 Å². The van der Waals surface area contributed by atoms with Gasteiger partial charge in [0.05, 0.1) is 23.5 Å². The van der Waals surface area contributed by atoms with Gasteiger partial charge in [-0.05, 0) is 30.3 Å². The van der Waals surface area contributed by atoms with Gasteiger partial charge in [-0.3, -0.25) is 4.72 Å². The quantitative estimate of drug-likeness (QED) is 0.845. The van der Waals surface area contributed by atoms with Crippen LogP contribution in [-0.4, -0.2) is 15.5 Å². The normalized spacial score (nSPS) is 11.2. The first kappa shape index (κ1) is 15.4. The molecule has 3 N–H and O–H groups in total. The summed E-state index contributed by atoms with van der Waals surface area (Å²) in [6.07, 6.45) is 0. The van der Waals surface area contributed by atoms with Gasteiger partial charge in [-0.1, -0.05) is 17.7 Å². The van der Waals surface area contributed by atoms with Crippen molar-refractivity contribution in [2.45, 2.75) is 4.90 Å². The number of ether oxygens (including phenoxy) is 1. The minimum atomic E-state index is -4.16. The Labute approximate surface area is 126 Å². The Morgan fingerprint density at radius 3 is 2.57 bits per heavy atom. The van der Waals surface area contributed by atoms with Gasteiger partial charge in [0.25, 0.3) is 10.0 Å². The van der Waals surface area contributed by atoms with Crippen molar-refractivity contribution in [1.29, 1.82) is 0 Å². The fraction of sp³-hybridized carbons (Fsp3) is 0.0769. The number of nitrogens with two attached hydrogens (primary N) is 1. The Morgan fingerprint density at radius 1 is 1.29 bits per heavy atom. The highest BCUT2D eigenvalue weighted by Gasteiger charge is 2.22. The highest BCUT2D eigenvalue weighted by Crippen LogP contribution is 2.29. The second-order valence-corrected chi connectivity index (χ2v) is 6.14. The number of hydrogen-bond donors (Lipinski definition) is 2. The number of hydrogen-bond acceptors (Lipinski definition) is 4. The number of methoxy groups -OCH3 is 1. The molecule has 0 spiro atoms. The summed E-state index contributed by atoms with van der Waals surface area (Å²) >= 11 is 5.91. The summed E-state index contributed by atoms with van der Waals surface area (Å²) in [5.74, 6) is -0.535. The third-order valence-electron chi connectivity index (χ3n) is 2.67. The van der Waals surface area contributed by atoms with Crippen LogP contribution in [0.15, 0.2) is 41.3 Å². The van der Waals surface area contributed by atoms with E-state index in [9.17, 15) is 12.8 Å². The van der Waals surface area contributed by atoms with E-state index in [1.165, 1.54) is 37.4 Å². The van der Waals surface area contributed by atoms with Crippen LogP contribution in [0.4, 0.5) is 15.8 Å². The molecule has 0 atom stereocenters. The van der Waals surface area contributed by atoms with Gasteiger partial charge >= 0.3 is 0 Å². The predicted octanol–water partition coefficient (Wildman–Crippen LogP) is 2.87. The van der Waals surface area contributed by atoms with Gasteiger partial charge in [-0.2, -0.15) is 0 Å². The standard InChI is InChI=1S/C13H12ClFN2O3S/c1-20-12-6-5-8(7-9(12)14)17-21(18,19)13-10(15)3-2-4-11(13)16/h2-7,17H,16H2,1H3. The summed E-state index contributed by atoms with van der Waals surface area (Å²) in [6, 6.07) is 7.94. The third-order valence-corrected chi connectivity index (χ3v) is 4.44. The van der Waals surface area contributed by atoms with Crippen LogP contribution in [-0.2, 0) is 10.0 Å². The van der Waals surface area contributed by atoms with E-state index in [1.807, 2.05) is 0 Å². The number of rotatable bonds is 4. The smallest absolute Gasteiger partial charge is 0.266 e. The topological polar surface area (TPSA) is 81.4 Å². The van der Waals surface area contributed by atoms with E-state index in [2.05, 4.69) is 4.72 Å². The Morgan fingerprint density at radius 2 is 2.00 bits per heavy atom. The Balaban J connectivity index is 2.40. The molecule has 0 aromatic heterocycles. The summed E-state index contributed by atoms with van der Waals surface area (Å²) in [4.78, 5) is -0.600. The van der Waals surface area contributed by atoms with Crippen molar-refractivity contribution in [2.75, 3.05) is 17.6 Å². The van der Waals surface area contributed by atoms with Crippen molar-refractivity contribution in [3.63, 3.8) is 0 Å². The molecule has 112 valence electrons. The van der Waals surface area contributed by atoms with E-state index in [4.69, 9.17) is 22.1 Å². The Hall–Kier alpha value is -1.99. The van der Waals surface area contributed by atoms with Gasteiger partial charge < -0.3 is 10.5 Å². The molecule has 0 saturated heterocycles. The molecule has 0 aliphatic carbocycles. The van der Waals surface area contributed by atoms with Gasteiger partial charge in [-0.25, -0.2) is 12.8 Å². The van der Waals surface area contributed by atoms with Crippen molar-refractivity contribution in [2.24, 2.45) is 0 Å². The maximum absolute atomic E-state index is 13.7. The predicted molar refractivity (Wildman–Crippen MR) is 79.6 cm³/mol. The maximum atomic E-state index is 13.7. The van der Waals surface area contributed by atoms with Crippen molar-refractivity contribution in [1.82, 2.24) is 0 Å². The van der Waals surface area contributed by atoms with Crippen LogP contribution in [0.5, 0.6) is 5.75 Å². The molecule has 0 fully saturated rings. The van der Waals surface area contributed by atoms with Crippen LogP contribution in [0.1, 0.15) is 0 Å². The molecule has 8 heteroatoms. The first-order chi connectivity index (χ1) is 9.85. The van der Waals surface area contributed by atoms with Gasteiger partial charge in [0.2, 0.25) is 0 Å². The van der Waals surface area contributed by atoms with Gasteiger partial charge in [0.15, 0.2) is 0 Å². The molecule has 0 amide bonds. The summed E-state index contributed by atoms with van der Waals surface area (Å²) in [7, 11) is -2.72. The number of anilines is 2. The molecule has 0 radical (unpaired) electrons. The summed E-state index contributed by atoms with van der Waals surface area (Å²) in [5, 5.41) is 0.221. The zero-order valence-electron chi connectivity index (χ0n) is 10.9. The number of halogens is 2. The summed E-state index contributed by atoms with van der Waals surface area (Å²) < 4.78 is 45.3. The largest absolute Gasteiger partial charge is 0.495 e. The molecule has 0 saturated carbocycles. The lowest BCUT2D eigenvalue weighted by atomic mass is 10.3. The van der Waals surface area contributed by atoms with Gasteiger partial charge in [-0.15, -0.1) is 0 Å². The van der Waals surface area contributed by atoms with Crippen LogP contribution in [0.25, 0.3) is 0 Å². The lowest BCUT2D eigenvalue weighted by Gasteiger charge is -2.12. The van der Waals surface area contributed by atoms with E-state index in [-0.39, 0.29) is 16.4 Å². The highest BCUT2D eigenvalue weighted by molar-refractivity contribution is 7.92. The number of nitrogen functional groups attached to an aromatic ring is 1. The molecule has 0 heterocycles. The molecule has 2 aromatic carbocycles. The van der Waals surface area contributed by atoms with Gasteiger partial charge in [0, 0.05) is 0 Å². The maximum Gasteiger partial charge on any atom is 0.266 e. The Kier molecular flexibility index (Phi) is 4.24. The summed E-state index contributed by atoms with van der Waals surface area (Å²) in [6.45, 7) is 0. The number of sulfonamides is 1. The fourth-order valence-electron chi connectivity index (χ4n) is 1.75. The SMILES string of the molecule is COc1ccc(NS(=O)(=O)c2c(N)cccc2F)cc1Cl. The monoisotopic (exact) mass is 330 g/mol. The molecule has 2 rings (SSSR count). The van der Waals surface area contributed by atoms with Crippen molar-refractivity contribution >= 4 is 33.0 Å². The van der Waals surface area contributed by atoms with Crippen LogP contribution in [0.2, 0.25) is 5.02 Å². The van der Waals surface area contributed by atoms with Crippen molar-refractivity contribution in [3.8, 4) is 5.75 Å². The van der Waals surface area contributed by atoms with Crippen molar-refractivity contribution in [3.05, 3.63) is 47.2 Å². The zero-order valence-corrected chi connectivity index (χ0v) is 12.5.